The van der Waals surface area contributed by atoms with E-state index >= 15 is 0 Å². The first kappa shape index (κ1) is 12.8. The van der Waals surface area contributed by atoms with Crippen molar-refractivity contribution < 1.29 is 9.90 Å². The number of carbonyl (C=O) groups is 1. The van der Waals surface area contributed by atoms with E-state index < -0.39 is 5.97 Å². The van der Waals surface area contributed by atoms with Gasteiger partial charge in [-0.15, -0.1) is 0 Å². The fourth-order valence-electron chi connectivity index (χ4n) is 2.26. The van der Waals surface area contributed by atoms with Gasteiger partial charge < -0.3 is 5.11 Å². The molecule has 3 aromatic rings. The number of carboxylic acids is 1. The Bertz CT molecular complexity index is 807. The summed E-state index contributed by atoms with van der Waals surface area (Å²) in [4.78, 5) is 16.2. The Kier molecular flexibility index (Phi) is 3.03. The lowest BCUT2D eigenvalue weighted by molar-refractivity contribution is 0.0699. The second-order valence-corrected chi connectivity index (χ2v) is 5.56. The van der Waals surface area contributed by atoms with Gasteiger partial charge in [-0.1, -0.05) is 12.1 Å². The van der Waals surface area contributed by atoms with Crippen LogP contribution in [0.4, 0.5) is 0 Å². The van der Waals surface area contributed by atoms with Crippen molar-refractivity contribution in [1.82, 2.24) is 4.98 Å². The predicted molar refractivity (Wildman–Crippen MR) is 81.5 cm³/mol. The summed E-state index contributed by atoms with van der Waals surface area (Å²) in [6.07, 6.45) is 0. The Morgan fingerprint density at radius 1 is 1.25 bits per heavy atom. The third-order valence-corrected chi connectivity index (χ3v) is 4.24. The normalized spacial score (nSPS) is 10.9. The highest BCUT2D eigenvalue weighted by molar-refractivity contribution is 7.08. The van der Waals surface area contributed by atoms with Crippen LogP contribution in [-0.4, -0.2) is 16.1 Å². The maximum absolute atomic E-state index is 11.5. The molecule has 2 heterocycles. The molecular weight excluding hydrogens is 270 g/mol. The molecule has 0 aliphatic heterocycles. The number of benzene rings is 1. The molecule has 1 N–H and O–H groups in total. The Labute approximate surface area is 120 Å². The fourth-order valence-corrected chi connectivity index (χ4v) is 2.91. The van der Waals surface area contributed by atoms with Crippen LogP contribution in [0.1, 0.15) is 21.5 Å². The summed E-state index contributed by atoms with van der Waals surface area (Å²) < 4.78 is 0. The number of carboxylic acid groups (broad SMARTS) is 1. The monoisotopic (exact) mass is 283 g/mol. The molecule has 20 heavy (non-hydrogen) atoms. The van der Waals surface area contributed by atoms with Gasteiger partial charge in [0.15, 0.2) is 0 Å². The molecule has 4 heteroatoms. The van der Waals surface area contributed by atoms with Crippen LogP contribution in [0.25, 0.3) is 22.2 Å². The van der Waals surface area contributed by atoms with Crippen LogP contribution < -0.4 is 0 Å². The van der Waals surface area contributed by atoms with Crippen molar-refractivity contribution in [2.45, 2.75) is 13.8 Å². The predicted octanol–water partition coefficient (Wildman–Crippen LogP) is 4.28. The van der Waals surface area contributed by atoms with E-state index in [0.717, 1.165) is 22.2 Å². The first-order chi connectivity index (χ1) is 9.58. The van der Waals surface area contributed by atoms with Crippen LogP contribution in [0.15, 0.2) is 35.0 Å². The van der Waals surface area contributed by atoms with Crippen molar-refractivity contribution in [2.75, 3.05) is 0 Å². The topological polar surface area (TPSA) is 50.2 Å². The molecule has 0 aliphatic carbocycles. The van der Waals surface area contributed by atoms with Crippen molar-refractivity contribution in [2.24, 2.45) is 0 Å². The number of thiophene rings is 1. The molecule has 3 rings (SSSR count). The van der Waals surface area contributed by atoms with Gasteiger partial charge in [-0.05, 0) is 42.5 Å². The molecule has 1 aromatic carbocycles. The summed E-state index contributed by atoms with van der Waals surface area (Å²) in [6, 6.07) is 7.39. The molecule has 0 saturated heterocycles. The van der Waals surface area contributed by atoms with E-state index in [9.17, 15) is 9.90 Å². The Morgan fingerprint density at radius 3 is 2.70 bits per heavy atom. The first-order valence-corrected chi connectivity index (χ1v) is 7.19. The third-order valence-electron chi connectivity index (χ3n) is 3.55. The number of hydrogen-bond donors (Lipinski definition) is 1. The quantitative estimate of drug-likeness (QED) is 0.763. The molecule has 0 aliphatic rings. The van der Waals surface area contributed by atoms with E-state index in [2.05, 4.69) is 4.98 Å². The number of fused-ring (bicyclic) bond motifs is 1. The van der Waals surface area contributed by atoms with Crippen LogP contribution in [0.2, 0.25) is 0 Å². The van der Waals surface area contributed by atoms with E-state index in [1.807, 2.05) is 42.8 Å². The lowest BCUT2D eigenvalue weighted by Gasteiger charge is -2.10. The Hall–Kier alpha value is -2.20. The summed E-state index contributed by atoms with van der Waals surface area (Å²) in [5.41, 5.74) is 4.89. The van der Waals surface area contributed by atoms with Crippen molar-refractivity contribution in [3.63, 3.8) is 0 Å². The zero-order chi connectivity index (χ0) is 14.3. The first-order valence-electron chi connectivity index (χ1n) is 6.25. The van der Waals surface area contributed by atoms with Crippen molar-refractivity contribution in [3.8, 4) is 11.3 Å². The fraction of sp³-hybridized carbons (Fsp3) is 0.125. The standard InChI is InChI=1S/C16H13NO2S/c1-9-3-4-12-13(16(18)19)7-14(11-5-6-20-8-11)17-15(12)10(9)2/h3-8H,1-2H3,(H,18,19). The molecule has 3 nitrogen and oxygen atoms in total. The second kappa shape index (κ2) is 4.72. The lowest BCUT2D eigenvalue weighted by Crippen LogP contribution is -2.01. The van der Waals surface area contributed by atoms with Gasteiger partial charge >= 0.3 is 5.97 Å². The number of rotatable bonds is 2. The molecule has 0 saturated carbocycles. The maximum Gasteiger partial charge on any atom is 0.336 e. The summed E-state index contributed by atoms with van der Waals surface area (Å²) >= 11 is 1.57. The van der Waals surface area contributed by atoms with Gasteiger partial charge in [0, 0.05) is 16.3 Å². The van der Waals surface area contributed by atoms with Gasteiger partial charge in [0.2, 0.25) is 0 Å². The average Bonchev–Trinajstić information content (AvgIpc) is 2.96. The van der Waals surface area contributed by atoms with Crippen molar-refractivity contribution in [1.29, 1.82) is 0 Å². The van der Waals surface area contributed by atoms with Gasteiger partial charge in [0.25, 0.3) is 0 Å². The molecule has 0 unspecified atom stereocenters. The largest absolute Gasteiger partial charge is 0.478 e. The van der Waals surface area contributed by atoms with Gasteiger partial charge in [0.05, 0.1) is 16.8 Å². The number of pyridine rings is 1. The minimum absolute atomic E-state index is 0.305. The van der Waals surface area contributed by atoms with Crippen molar-refractivity contribution in [3.05, 3.63) is 51.7 Å². The zero-order valence-corrected chi connectivity index (χ0v) is 12.0. The molecular formula is C16H13NO2S. The van der Waals surface area contributed by atoms with E-state index in [1.165, 1.54) is 0 Å². The SMILES string of the molecule is Cc1ccc2c(C(=O)O)cc(-c3ccsc3)nc2c1C. The summed E-state index contributed by atoms with van der Waals surface area (Å²) in [7, 11) is 0. The van der Waals surface area contributed by atoms with Crippen LogP contribution in [-0.2, 0) is 0 Å². The van der Waals surface area contributed by atoms with E-state index in [-0.39, 0.29) is 0 Å². The lowest BCUT2D eigenvalue weighted by atomic mass is 10.00. The summed E-state index contributed by atoms with van der Waals surface area (Å²) in [5.74, 6) is -0.919. The maximum atomic E-state index is 11.5. The second-order valence-electron chi connectivity index (χ2n) is 4.78. The highest BCUT2D eigenvalue weighted by atomic mass is 32.1. The molecule has 100 valence electrons. The molecule has 0 fully saturated rings. The average molecular weight is 283 g/mol. The van der Waals surface area contributed by atoms with Crippen LogP contribution >= 0.6 is 11.3 Å². The molecule has 0 radical (unpaired) electrons. The number of aromatic nitrogens is 1. The number of hydrogen-bond acceptors (Lipinski definition) is 3. The highest BCUT2D eigenvalue weighted by Crippen LogP contribution is 2.29. The Balaban J connectivity index is 2.41. The molecule has 0 atom stereocenters. The van der Waals surface area contributed by atoms with Gasteiger partial charge in [-0.3, -0.25) is 0 Å². The zero-order valence-electron chi connectivity index (χ0n) is 11.2. The number of aryl methyl sites for hydroxylation is 2. The third kappa shape index (κ3) is 1.98. The molecule has 0 amide bonds. The minimum Gasteiger partial charge on any atom is -0.478 e. The van der Waals surface area contributed by atoms with E-state index in [1.54, 1.807) is 17.4 Å². The smallest absolute Gasteiger partial charge is 0.336 e. The van der Waals surface area contributed by atoms with E-state index in [0.29, 0.717) is 16.6 Å². The molecule has 2 aromatic heterocycles. The van der Waals surface area contributed by atoms with Crippen LogP contribution in [0.3, 0.4) is 0 Å². The van der Waals surface area contributed by atoms with Gasteiger partial charge in [0.1, 0.15) is 0 Å². The van der Waals surface area contributed by atoms with Gasteiger partial charge in [-0.2, -0.15) is 11.3 Å². The summed E-state index contributed by atoms with van der Waals surface area (Å²) in [5, 5.41) is 14.1. The number of aromatic carboxylic acids is 1. The molecule has 0 bridgehead atoms. The van der Waals surface area contributed by atoms with Crippen LogP contribution in [0, 0.1) is 13.8 Å². The van der Waals surface area contributed by atoms with Crippen molar-refractivity contribution >= 4 is 28.2 Å². The van der Waals surface area contributed by atoms with E-state index in [4.69, 9.17) is 0 Å². The number of nitrogens with zero attached hydrogens (tertiary/aromatic N) is 1. The highest BCUT2D eigenvalue weighted by Gasteiger charge is 2.15. The van der Waals surface area contributed by atoms with Crippen LogP contribution in [0.5, 0.6) is 0 Å². The Morgan fingerprint density at radius 2 is 2.05 bits per heavy atom. The minimum atomic E-state index is -0.919. The molecule has 0 spiro atoms. The van der Waals surface area contributed by atoms with Gasteiger partial charge in [-0.25, -0.2) is 9.78 Å². The summed E-state index contributed by atoms with van der Waals surface area (Å²) in [6.45, 7) is 3.99.